The Kier molecular flexibility index (Phi) is 5.46. The van der Waals surface area contributed by atoms with Gasteiger partial charge in [0.05, 0.1) is 0 Å². The molecule has 4 heteroatoms. The maximum absolute atomic E-state index is 12.1. The fraction of sp³-hybridized carbons (Fsp3) is 0.611. The molecule has 22 heavy (non-hydrogen) atoms. The van der Waals surface area contributed by atoms with Crippen LogP contribution in [-0.4, -0.2) is 31.1 Å². The van der Waals surface area contributed by atoms with Gasteiger partial charge >= 0.3 is 0 Å². The minimum atomic E-state index is -0.489. The molecule has 2 N–H and O–H groups in total. The Morgan fingerprint density at radius 3 is 2.86 bits per heavy atom. The fourth-order valence-electron chi connectivity index (χ4n) is 2.59. The molecule has 0 bridgehead atoms. The summed E-state index contributed by atoms with van der Waals surface area (Å²) in [6, 6.07) is 8.38. The van der Waals surface area contributed by atoms with Gasteiger partial charge in [0.2, 0.25) is 0 Å². The summed E-state index contributed by atoms with van der Waals surface area (Å²) < 4.78 is 5.79. The van der Waals surface area contributed by atoms with Crippen LogP contribution in [0.15, 0.2) is 24.3 Å². The molecule has 0 radical (unpaired) electrons. The molecule has 1 amide bonds. The van der Waals surface area contributed by atoms with Crippen LogP contribution in [0.1, 0.15) is 46.1 Å². The van der Waals surface area contributed by atoms with Crippen LogP contribution in [0.5, 0.6) is 5.75 Å². The van der Waals surface area contributed by atoms with E-state index in [2.05, 4.69) is 37.5 Å². The molecule has 0 aromatic heterocycles. The lowest BCUT2D eigenvalue weighted by Gasteiger charge is -2.21. The molecule has 2 rings (SSSR count). The third-order valence-electron chi connectivity index (χ3n) is 4.07. The highest BCUT2D eigenvalue weighted by Crippen LogP contribution is 2.26. The van der Waals surface area contributed by atoms with Crippen molar-refractivity contribution in [3.05, 3.63) is 29.8 Å². The van der Waals surface area contributed by atoms with Crippen molar-refractivity contribution < 1.29 is 9.53 Å². The van der Waals surface area contributed by atoms with Crippen molar-refractivity contribution in [3.8, 4) is 5.75 Å². The SMILES string of the molecule is CC(Oc1cccc(C(C)(C)C)c1)C(=O)NCC1CCCN1. The molecule has 0 saturated carbocycles. The van der Waals surface area contributed by atoms with Gasteiger partial charge in [-0.1, -0.05) is 32.9 Å². The molecule has 1 aromatic carbocycles. The zero-order valence-corrected chi connectivity index (χ0v) is 14.1. The average Bonchev–Trinajstić information content (AvgIpc) is 2.97. The van der Waals surface area contributed by atoms with E-state index < -0.39 is 6.10 Å². The van der Waals surface area contributed by atoms with Crippen LogP contribution >= 0.6 is 0 Å². The highest BCUT2D eigenvalue weighted by atomic mass is 16.5. The second kappa shape index (κ2) is 7.14. The third-order valence-corrected chi connectivity index (χ3v) is 4.07. The lowest BCUT2D eigenvalue weighted by atomic mass is 9.87. The number of hydrogen-bond donors (Lipinski definition) is 2. The molecule has 2 atom stereocenters. The minimum absolute atomic E-state index is 0.0603. The van der Waals surface area contributed by atoms with E-state index in [1.165, 1.54) is 12.0 Å². The fourth-order valence-corrected chi connectivity index (χ4v) is 2.59. The zero-order valence-electron chi connectivity index (χ0n) is 14.1. The second-order valence-corrected chi connectivity index (χ2v) is 7.08. The minimum Gasteiger partial charge on any atom is -0.481 e. The van der Waals surface area contributed by atoms with Crippen molar-refractivity contribution in [3.63, 3.8) is 0 Å². The van der Waals surface area contributed by atoms with E-state index >= 15 is 0 Å². The number of carbonyl (C=O) groups excluding carboxylic acids is 1. The van der Waals surface area contributed by atoms with Crippen LogP contribution in [0.2, 0.25) is 0 Å². The first kappa shape index (κ1) is 16.8. The van der Waals surface area contributed by atoms with E-state index in [9.17, 15) is 4.79 Å². The van der Waals surface area contributed by atoms with Crippen LogP contribution in [0, 0.1) is 0 Å². The van der Waals surface area contributed by atoms with E-state index in [1.807, 2.05) is 18.2 Å². The van der Waals surface area contributed by atoms with Gasteiger partial charge in [0, 0.05) is 12.6 Å². The summed E-state index contributed by atoms with van der Waals surface area (Å²) in [4.78, 5) is 12.1. The van der Waals surface area contributed by atoms with Gasteiger partial charge < -0.3 is 15.4 Å². The van der Waals surface area contributed by atoms with Crippen molar-refractivity contribution in [2.75, 3.05) is 13.1 Å². The monoisotopic (exact) mass is 304 g/mol. The lowest BCUT2D eigenvalue weighted by Crippen LogP contribution is -2.42. The van der Waals surface area contributed by atoms with Crippen molar-refractivity contribution in [1.29, 1.82) is 0 Å². The van der Waals surface area contributed by atoms with E-state index in [1.54, 1.807) is 6.92 Å². The average molecular weight is 304 g/mol. The summed E-state index contributed by atoms with van der Waals surface area (Å²) in [6.07, 6.45) is 1.83. The Morgan fingerprint density at radius 2 is 2.23 bits per heavy atom. The molecular weight excluding hydrogens is 276 g/mol. The number of ether oxygens (including phenoxy) is 1. The van der Waals surface area contributed by atoms with Gasteiger partial charge in [-0.25, -0.2) is 0 Å². The predicted molar refractivity (Wildman–Crippen MR) is 89.3 cm³/mol. The van der Waals surface area contributed by atoms with Crippen molar-refractivity contribution in [1.82, 2.24) is 10.6 Å². The van der Waals surface area contributed by atoms with Crippen LogP contribution in [0.3, 0.4) is 0 Å². The molecule has 0 spiro atoms. The van der Waals surface area contributed by atoms with E-state index in [0.717, 1.165) is 18.7 Å². The Hall–Kier alpha value is -1.55. The van der Waals surface area contributed by atoms with Crippen molar-refractivity contribution in [2.24, 2.45) is 0 Å². The quantitative estimate of drug-likeness (QED) is 0.879. The lowest BCUT2D eigenvalue weighted by molar-refractivity contribution is -0.127. The number of benzene rings is 1. The van der Waals surface area contributed by atoms with Crippen molar-refractivity contribution in [2.45, 2.75) is 58.1 Å². The summed E-state index contributed by atoms with van der Waals surface area (Å²) in [5, 5.41) is 6.33. The number of hydrogen-bond acceptors (Lipinski definition) is 3. The Labute approximate surface area is 133 Å². The second-order valence-electron chi connectivity index (χ2n) is 7.08. The van der Waals surface area contributed by atoms with Gasteiger partial charge in [0.25, 0.3) is 5.91 Å². The molecule has 1 aromatic rings. The smallest absolute Gasteiger partial charge is 0.260 e. The van der Waals surface area contributed by atoms with Crippen LogP contribution in [0.25, 0.3) is 0 Å². The number of amides is 1. The molecule has 1 fully saturated rings. The first-order chi connectivity index (χ1) is 10.4. The molecule has 2 unspecified atom stereocenters. The Bertz CT molecular complexity index is 502. The van der Waals surface area contributed by atoms with E-state index in [4.69, 9.17) is 4.74 Å². The number of rotatable bonds is 5. The highest BCUT2D eigenvalue weighted by molar-refractivity contribution is 5.80. The Balaban J connectivity index is 1.87. The number of nitrogens with one attached hydrogen (secondary N) is 2. The van der Waals surface area contributed by atoms with Crippen LogP contribution < -0.4 is 15.4 Å². The van der Waals surface area contributed by atoms with Gasteiger partial charge in [0.1, 0.15) is 5.75 Å². The standard InChI is InChI=1S/C18H28N2O2/c1-13(17(21)20-12-15-8-6-10-19-15)22-16-9-5-7-14(11-16)18(2,3)4/h5,7,9,11,13,15,19H,6,8,10,12H2,1-4H3,(H,20,21). The van der Waals surface area contributed by atoms with Gasteiger partial charge in [-0.15, -0.1) is 0 Å². The first-order valence-corrected chi connectivity index (χ1v) is 8.14. The van der Waals surface area contributed by atoms with Gasteiger partial charge in [0.15, 0.2) is 6.10 Å². The highest BCUT2D eigenvalue weighted by Gasteiger charge is 2.19. The molecule has 1 aliphatic rings. The molecular formula is C18H28N2O2. The molecule has 1 aliphatic heterocycles. The maximum Gasteiger partial charge on any atom is 0.260 e. The largest absolute Gasteiger partial charge is 0.481 e. The van der Waals surface area contributed by atoms with Crippen LogP contribution in [-0.2, 0) is 10.2 Å². The summed E-state index contributed by atoms with van der Waals surface area (Å²) >= 11 is 0. The molecule has 0 aliphatic carbocycles. The maximum atomic E-state index is 12.1. The summed E-state index contributed by atoms with van der Waals surface area (Å²) in [7, 11) is 0. The van der Waals surface area contributed by atoms with E-state index in [-0.39, 0.29) is 11.3 Å². The zero-order chi connectivity index (χ0) is 16.2. The molecule has 1 saturated heterocycles. The van der Waals surface area contributed by atoms with Gasteiger partial charge in [-0.05, 0) is 49.4 Å². The van der Waals surface area contributed by atoms with Crippen LogP contribution in [0.4, 0.5) is 0 Å². The van der Waals surface area contributed by atoms with E-state index in [0.29, 0.717) is 12.6 Å². The van der Waals surface area contributed by atoms with Gasteiger partial charge in [-0.3, -0.25) is 4.79 Å². The molecule has 4 nitrogen and oxygen atoms in total. The topological polar surface area (TPSA) is 50.4 Å². The Morgan fingerprint density at radius 1 is 1.45 bits per heavy atom. The summed E-state index contributed by atoms with van der Waals surface area (Å²) in [6.45, 7) is 10.0. The summed E-state index contributed by atoms with van der Waals surface area (Å²) in [5.41, 5.74) is 1.27. The van der Waals surface area contributed by atoms with Crippen molar-refractivity contribution >= 4 is 5.91 Å². The first-order valence-electron chi connectivity index (χ1n) is 8.14. The molecule has 1 heterocycles. The number of carbonyl (C=O) groups is 1. The molecule has 122 valence electrons. The third kappa shape index (κ3) is 4.73. The normalized spacial score (nSPS) is 19.7. The predicted octanol–water partition coefficient (Wildman–Crippen LogP) is 2.62. The van der Waals surface area contributed by atoms with Gasteiger partial charge in [-0.2, -0.15) is 0 Å². The summed E-state index contributed by atoms with van der Waals surface area (Å²) in [5.74, 6) is 0.684.